The molecule has 0 saturated heterocycles. The second kappa shape index (κ2) is 5.12. The van der Waals surface area contributed by atoms with Gasteiger partial charge in [0.05, 0.1) is 17.2 Å². The molecule has 114 valence electrons. The van der Waals surface area contributed by atoms with Gasteiger partial charge in [-0.2, -0.15) is 13.2 Å². The zero-order valence-corrected chi connectivity index (χ0v) is 11.4. The fourth-order valence-corrected chi connectivity index (χ4v) is 2.71. The number of carboxylic acid groups (broad SMARTS) is 1. The van der Waals surface area contributed by atoms with Crippen molar-refractivity contribution in [3.8, 4) is 11.3 Å². The predicted molar refractivity (Wildman–Crippen MR) is 73.4 cm³/mol. The van der Waals surface area contributed by atoms with E-state index >= 15 is 0 Å². The molecule has 3 rings (SSSR count). The Morgan fingerprint density at radius 3 is 2.41 bits per heavy atom. The number of benzene rings is 1. The Morgan fingerprint density at radius 2 is 1.82 bits per heavy atom. The molecule has 0 aliphatic heterocycles. The smallest absolute Gasteiger partial charge is 0.416 e. The van der Waals surface area contributed by atoms with Crippen LogP contribution in [0.15, 0.2) is 36.4 Å². The first-order chi connectivity index (χ1) is 10.4. The highest BCUT2D eigenvalue weighted by Crippen LogP contribution is 2.34. The number of hydrogen-bond donors (Lipinski definition) is 1. The van der Waals surface area contributed by atoms with Crippen LogP contribution in [0.4, 0.5) is 13.2 Å². The van der Waals surface area contributed by atoms with Gasteiger partial charge in [-0.05, 0) is 36.6 Å². The van der Waals surface area contributed by atoms with Gasteiger partial charge in [0.1, 0.15) is 0 Å². The van der Waals surface area contributed by atoms with Crippen LogP contribution in [0, 0.1) is 0 Å². The molecule has 1 heterocycles. The number of aromatic nitrogens is 1. The van der Waals surface area contributed by atoms with Gasteiger partial charge in [0, 0.05) is 11.3 Å². The second-order valence-electron chi connectivity index (χ2n) is 5.24. The summed E-state index contributed by atoms with van der Waals surface area (Å²) in [5, 5.41) is 9.12. The number of rotatable bonds is 2. The first-order valence-electron chi connectivity index (χ1n) is 6.76. The van der Waals surface area contributed by atoms with E-state index in [1.807, 2.05) is 0 Å². The number of alkyl halides is 3. The van der Waals surface area contributed by atoms with Gasteiger partial charge in [-0.1, -0.05) is 18.2 Å². The highest BCUT2D eigenvalue weighted by Gasteiger charge is 2.31. The number of halogens is 3. The molecule has 1 aromatic heterocycles. The van der Waals surface area contributed by atoms with E-state index in [-0.39, 0.29) is 0 Å². The van der Waals surface area contributed by atoms with Gasteiger partial charge in [0.2, 0.25) is 0 Å². The molecule has 1 aliphatic rings. The van der Waals surface area contributed by atoms with Crippen molar-refractivity contribution in [3.63, 3.8) is 0 Å². The molecule has 22 heavy (non-hydrogen) atoms. The van der Waals surface area contributed by atoms with Gasteiger partial charge >= 0.3 is 12.1 Å². The number of nitrogens with zero attached hydrogens (tertiary/aromatic N) is 1. The quantitative estimate of drug-likeness (QED) is 0.916. The molecule has 1 aromatic carbocycles. The van der Waals surface area contributed by atoms with Crippen molar-refractivity contribution in [2.75, 3.05) is 0 Å². The molecular formula is C16H12F3NO2. The molecule has 0 fully saturated rings. The monoisotopic (exact) mass is 307 g/mol. The number of pyridine rings is 1. The standard InChI is InChI=1S/C16H12F3NO2/c17-16(18,19)10-3-1-9(2-4-10)13-7-5-11-12(15(21)22)6-8-14(11)20-13/h1-5,7,12H,6,8H2,(H,21,22). The van der Waals surface area contributed by atoms with Gasteiger partial charge in [-0.15, -0.1) is 0 Å². The maximum Gasteiger partial charge on any atom is 0.416 e. The minimum absolute atomic E-state index is 0.508. The van der Waals surface area contributed by atoms with Crippen LogP contribution in [0.3, 0.4) is 0 Å². The van der Waals surface area contributed by atoms with E-state index in [1.165, 1.54) is 12.1 Å². The van der Waals surface area contributed by atoms with Crippen molar-refractivity contribution in [3.05, 3.63) is 53.2 Å². The number of hydrogen-bond acceptors (Lipinski definition) is 2. The molecule has 0 saturated carbocycles. The maximum absolute atomic E-state index is 12.5. The average Bonchev–Trinajstić information content (AvgIpc) is 2.89. The van der Waals surface area contributed by atoms with Crippen LogP contribution in [0.2, 0.25) is 0 Å². The van der Waals surface area contributed by atoms with Crippen molar-refractivity contribution >= 4 is 5.97 Å². The number of aliphatic carboxylic acids is 1. The largest absolute Gasteiger partial charge is 0.481 e. The minimum atomic E-state index is -4.36. The number of carboxylic acids is 1. The summed E-state index contributed by atoms with van der Waals surface area (Å²) >= 11 is 0. The maximum atomic E-state index is 12.5. The summed E-state index contributed by atoms with van der Waals surface area (Å²) in [7, 11) is 0. The molecule has 2 aromatic rings. The first kappa shape index (κ1) is 14.6. The SMILES string of the molecule is O=C(O)C1CCc2nc(-c3ccc(C(F)(F)F)cc3)ccc21. The number of carbonyl (C=O) groups is 1. The third kappa shape index (κ3) is 2.56. The number of aryl methyl sites for hydroxylation is 1. The highest BCUT2D eigenvalue weighted by molar-refractivity contribution is 5.78. The molecule has 1 atom stereocenters. The van der Waals surface area contributed by atoms with E-state index in [2.05, 4.69) is 4.98 Å². The molecule has 1 N–H and O–H groups in total. The lowest BCUT2D eigenvalue weighted by Gasteiger charge is -2.09. The third-order valence-electron chi connectivity index (χ3n) is 3.86. The lowest BCUT2D eigenvalue weighted by molar-refractivity contribution is -0.139. The molecule has 0 amide bonds. The van der Waals surface area contributed by atoms with Crippen LogP contribution < -0.4 is 0 Å². The molecule has 1 aliphatic carbocycles. The van der Waals surface area contributed by atoms with Crippen molar-refractivity contribution in [2.24, 2.45) is 0 Å². The van der Waals surface area contributed by atoms with Crippen LogP contribution in [0.1, 0.15) is 29.2 Å². The summed E-state index contributed by atoms with van der Waals surface area (Å²) in [5.74, 6) is -1.41. The van der Waals surface area contributed by atoms with Gasteiger partial charge in [-0.25, -0.2) is 0 Å². The molecule has 0 radical (unpaired) electrons. The third-order valence-corrected chi connectivity index (χ3v) is 3.86. The first-order valence-corrected chi connectivity index (χ1v) is 6.76. The second-order valence-corrected chi connectivity index (χ2v) is 5.24. The lowest BCUT2D eigenvalue weighted by atomic mass is 10.0. The summed E-state index contributed by atoms with van der Waals surface area (Å²) in [5.41, 5.74) is 1.84. The van der Waals surface area contributed by atoms with E-state index in [0.29, 0.717) is 35.4 Å². The van der Waals surface area contributed by atoms with Gasteiger partial charge in [0.15, 0.2) is 0 Å². The van der Waals surface area contributed by atoms with E-state index in [9.17, 15) is 18.0 Å². The van der Waals surface area contributed by atoms with Crippen LogP contribution in [-0.2, 0) is 17.4 Å². The van der Waals surface area contributed by atoms with E-state index in [0.717, 1.165) is 12.1 Å². The molecule has 0 spiro atoms. The van der Waals surface area contributed by atoms with Crippen LogP contribution >= 0.6 is 0 Å². The van der Waals surface area contributed by atoms with Gasteiger partial charge in [-0.3, -0.25) is 9.78 Å². The van der Waals surface area contributed by atoms with Crippen LogP contribution in [-0.4, -0.2) is 16.1 Å². The number of fused-ring (bicyclic) bond motifs is 1. The summed E-state index contributed by atoms with van der Waals surface area (Å²) in [6.07, 6.45) is -3.28. The fourth-order valence-electron chi connectivity index (χ4n) is 2.71. The Kier molecular flexibility index (Phi) is 3.39. The van der Waals surface area contributed by atoms with E-state index < -0.39 is 23.6 Å². The molecule has 0 bridgehead atoms. The zero-order chi connectivity index (χ0) is 15.9. The zero-order valence-electron chi connectivity index (χ0n) is 11.4. The Balaban J connectivity index is 1.92. The van der Waals surface area contributed by atoms with Gasteiger partial charge in [0.25, 0.3) is 0 Å². The Morgan fingerprint density at radius 1 is 1.14 bits per heavy atom. The molecular weight excluding hydrogens is 295 g/mol. The van der Waals surface area contributed by atoms with Crippen LogP contribution in [0.25, 0.3) is 11.3 Å². The minimum Gasteiger partial charge on any atom is -0.481 e. The highest BCUT2D eigenvalue weighted by atomic mass is 19.4. The fraction of sp³-hybridized carbons (Fsp3) is 0.250. The van der Waals surface area contributed by atoms with E-state index in [4.69, 9.17) is 5.11 Å². The molecule has 6 heteroatoms. The summed E-state index contributed by atoms with van der Waals surface area (Å²) in [6.45, 7) is 0. The Hall–Kier alpha value is -2.37. The summed E-state index contributed by atoms with van der Waals surface area (Å²) < 4.78 is 37.6. The van der Waals surface area contributed by atoms with E-state index in [1.54, 1.807) is 12.1 Å². The average molecular weight is 307 g/mol. The topological polar surface area (TPSA) is 50.2 Å². The Labute approximate surface area is 124 Å². The molecule has 3 nitrogen and oxygen atoms in total. The Bertz CT molecular complexity index is 723. The predicted octanol–water partition coefficient (Wildman–Crippen LogP) is 3.88. The van der Waals surface area contributed by atoms with Crippen LogP contribution in [0.5, 0.6) is 0 Å². The van der Waals surface area contributed by atoms with Crippen molar-refractivity contribution in [2.45, 2.75) is 24.9 Å². The van der Waals surface area contributed by atoms with Crippen molar-refractivity contribution in [1.82, 2.24) is 4.98 Å². The van der Waals surface area contributed by atoms with Gasteiger partial charge < -0.3 is 5.11 Å². The summed E-state index contributed by atoms with van der Waals surface area (Å²) in [6, 6.07) is 8.15. The normalized spacial score (nSPS) is 17.3. The van der Waals surface area contributed by atoms with Crippen molar-refractivity contribution < 1.29 is 23.1 Å². The molecule has 1 unspecified atom stereocenters. The summed E-state index contributed by atoms with van der Waals surface area (Å²) in [4.78, 5) is 15.5. The van der Waals surface area contributed by atoms with Crippen molar-refractivity contribution in [1.29, 1.82) is 0 Å². The lowest BCUT2D eigenvalue weighted by Crippen LogP contribution is -2.08.